The predicted octanol–water partition coefficient (Wildman–Crippen LogP) is 6.93. The second-order valence-corrected chi connectivity index (χ2v) is 8.25. The molecule has 6 nitrogen and oxygen atoms in total. The van der Waals surface area contributed by atoms with Gasteiger partial charge in [-0.1, -0.05) is 24.6 Å². The molecule has 0 radical (unpaired) electrons. The molecule has 3 rings (SSSR count). The van der Waals surface area contributed by atoms with Crippen LogP contribution in [0.4, 0.5) is 27.6 Å². The third-order valence-electron chi connectivity index (χ3n) is 5.33. The third-order valence-corrected chi connectivity index (χ3v) is 5.64. The number of alkyl halides is 3. The van der Waals surface area contributed by atoms with Gasteiger partial charge in [-0.25, -0.2) is 13.6 Å². The lowest BCUT2D eigenvalue weighted by atomic mass is 10.0. The molecule has 12 heteroatoms. The van der Waals surface area contributed by atoms with Crippen LogP contribution < -0.4 is 10.1 Å². The SMILES string of the molecule is CCOC(=O)c1[nH]c(-c2cc(O[C@@H](C)C(F)(F)F)c(C(=O)Nc3c(F)cccc3Cl)cc2F)cc1CC. The fourth-order valence-corrected chi connectivity index (χ4v) is 3.61. The summed E-state index contributed by atoms with van der Waals surface area (Å²) in [7, 11) is 0. The van der Waals surface area contributed by atoms with Crippen molar-refractivity contribution in [3.63, 3.8) is 0 Å². The minimum Gasteiger partial charge on any atom is -0.480 e. The zero-order valence-electron chi connectivity index (χ0n) is 19.9. The predicted molar refractivity (Wildman–Crippen MR) is 127 cm³/mol. The van der Waals surface area contributed by atoms with E-state index in [1.807, 2.05) is 0 Å². The molecule has 2 N–H and O–H groups in total. The van der Waals surface area contributed by atoms with Gasteiger partial charge < -0.3 is 19.8 Å². The van der Waals surface area contributed by atoms with Crippen LogP contribution in [-0.4, -0.2) is 35.7 Å². The van der Waals surface area contributed by atoms with Crippen LogP contribution >= 0.6 is 11.6 Å². The molecule has 0 unspecified atom stereocenters. The number of aromatic amines is 1. The normalized spacial score (nSPS) is 12.2. The molecule has 1 aromatic heterocycles. The maximum Gasteiger partial charge on any atom is 0.425 e. The van der Waals surface area contributed by atoms with Crippen LogP contribution in [-0.2, 0) is 11.2 Å². The van der Waals surface area contributed by atoms with E-state index in [1.54, 1.807) is 13.8 Å². The van der Waals surface area contributed by atoms with Crippen LogP contribution in [0.25, 0.3) is 11.3 Å². The number of esters is 1. The number of ether oxygens (including phenoxy) is 2. The zero-order valence-corrected chi connectivity index (χ0v) is 20.6. The van der Waals surface area contributed by atoms with E-state index in [-0.39, 0.29) is 28.6 Å². The quantitative estimate of drug-likeness (QED) is 0.238. The monoisotopic (exact) mass is 544 g/mol. The first-order valence-electron chi connectivity index (χ1n) is 11.1. The highest BCUT2D eigenvalue weighted by Crippen LogP contribution is 2.35. The van der Waals surface area contributed by atoms with Crippen LogP contribution in [0.3, 0.4) is 0 Å². The second kappa shape index (κ2) is 11.2. The minimum atomic E-state index is -4.81. The van der Waals surface area contributed by atoms with Gasteiger partial charge in [0.15, 0.2) is 6.10 Å². The molecule has 0 saturated carbocycles. The molecule has 37 heavy (non-hydrogen) atoms. The number of aryl methyl sites for hydroxylation is 1. The number of aromatic nitrogens is 1. The number of amides is 1. The summed E-state index contributed by atoms with van der Waals surface area (Å²) in [5, 5.41) is 1.96. The Morgan fingerprint density at radius 1 is 1.11 bits per heavy atom. The van der Waals surface area contributed by atoms with Crippen molar-refractivity contribution < 1.29 is 41.0 Å². The van der Waals surface area contributed by atoms with Crippen molar-refractivity contribution in [2.24, 2.45) is 0 Å². The standard InChI is InChI=1S/C25H22ClF5N2O4/c1-4-13-9-19(32-21(13)24(35)36-5-2)14-11-20(37-12(3)25(29,30)31)15(10-18(14)28)23(34)33-22-16(26)7-6-8-17(22)27/h6-12,32H,4-5H2,1-3H3,(H,33,34)/t12-/m0/s1. The lowest BCUT2D eigenvalue weighted by molar-refractivity contribution is -0.189. The summed E-state index contributed by atoms with van der Waals surface area (Å²) >= 11 is 5.91. The molecule has 0 spiro atoms. The van der Waals surface area contributed by atoms with E-state index in [1.165, 1.54) is 18.2 Å². The maximum atomic E-state index is 15.2. The summed E-state index contributed by atoms with van der Waals surface area (Å²) < 4.78 is 79.2. The molecular formula is C25H22ClF5N2O4. The van der Waals surface area contributed by atoms with E-state index in [4.69, 9.17) is 21.1 Å². The van der Waals surface area contributed by atoms with Gasteiger partial charge >= 0.3 is 12.1 Å². The Hall–Kier alpha value is -3.60. The number of carbonyl (C=O) groups excluding carboxylic acids is 2. The summed E-state index contributed by atoms with van der Waals surface area (Å²) in [6.07, 6.45) is -6.82. The van der Waals surface area contributed by atoms with Gasteiger partial charge in [0.05, 0.1) is 22.9 Å². The number of hydrogen-bond donors (Lipinski definition) is 2. The van der Waals surface area contributed by atoms with Gasteiger partial charge in [0, 0.05) is 11.3 Å². The molecule has 0 aliphatic carbocycles. The first kappa shape index (κ1) is 28.0. The number of anilines is 1. The largest absolute Gasteiger partial charge is 0.480 e. The van der Waals surface area contributed by atoms with Gasteiger partial charge in [0.25, 0.3) is 5.91 Å². The Labute approximate surface area is 213 Å². The Kier molecular flexibility index (Phi) is 8.47. The number of benzene rings is 2. The number of halogens is 6. The molecule has 0 aliphatic heterocycles. The molecular weight excluding hydrogens is 523 g/mol. The number of para-hydroxylation sites is 1. The van der Waals surface area contributed by atoms with Crippen molar-refractivity contribution in [2.45, 2.75) is 39.5 Å². The molecule has 2 aromatic carbocycles. The van der Waals surface area contributed by atoms with Crippen molar-refractivity contribution in [3.05, 3.63) is 69.9 Å². The number of rotatable bonds is 8. The Morgan fingerprint density at radius 3 is 2.41 bits per heavy atom. The van der Waals surface area contributed by atoms with E-state index >= 15 is 4.39 Å². The van der Waals surface area contributed by atoms with Crippen LogP contribution in [0, 0.1) is 11.6 Å². The molecule has 1 atom stereocenters. The summed E-state index contributed by atoms with van der Waals surface area (Å²) in [6.45, 7) is 4.15. The average Bonchev–Trinajstić information content (AvgIpc) is 3.26. The molecule has 198 valence electrons. The third kappa shape index (κ3) is 6.22. The zero-order chi connectivity index (χ0) is 27.5. The summed E-state index contributed by atoms with van der Waals surface area (Å²) in [5.74, 6) is -4.40. The molecule has 0 saturated heterocycles. The molecule has 3 aromatic rings. The fourth-order valence-electron chi connectivity index (χ4n) is 3.40. The maximum absolute atomic E-state index is 15.2. The lowest BCUT2D eigenvalue weighted by Gasteiger charge is -2.20. The summed E-state index contributed by atoms with van der Waals surface area (Å²) in [5.41, 5.74) is -0.758. The van der Waals surface area contributed by atoms with Gasteiger partial charge in [-0.3, -0.25) is 4.79 Å². The first-order chi connectivity index (χ1) is 17.4. The summed E-state index contributed by atoms with van der Waals surface area (Å²) in [6, 6.07) is 6.58. The van der Waals surface area contributed by atoms with Gasteiger partial charge in [0.2, 0.25) is 0 Å². The van der Waals surface area contributed by atoms with Crippen LogP contribution in [0.5, 0.6) is 5.75 Å². The second-order valence-electron chi connectivity index (χ2n) is 7.84. The minimum absolute atomic E-state index is 0.0472. The van der Waals surface area contributed by atoms with Gasteiger partial charge in [0.1, 0.15) is 23.1 Å². The highest BCUT2D eigenvalue weighted by atomic mass is 35.5. The molecule has 0 aliphatic rings. The van der Waals surface area contributed by atoms with Crippen molar-refractivity contribution in [1.82, 2.24) is 4.98 Å². The molecule has 1 heterocycles. The molecule has 0 bridgehead atoms. The average molecular weight is 545 g/mol. The van der Waals surface area contributed by atoms with Gasteiger partial charge in [-0.15, -0.1) is 0 Å². The first-order valence-corrected chi connectivity index (χ1v) is 11.5. The summed E-state index contributed by atoms with van der Waals surface area (Å²) in [4.78, 5) is 27.9. The number of nitrogens with one attached hydrogen (secondary N) is 2. The Balaban J connectivity index is 2.11. The van der Waals surface area contributed by atoms with Gasteiger partial charge in [-0.05, 0) is 56.2 Å². The van der Waals surface area contributed by atoms with E-state index in [0.717, 1.165) is 12.1 Å². The number of carbonyl (C=O) groups is 2. The van der Waals surface area contributed by atoms with Crippen molar-refractivity contribution in [3.8, 4) is 17.0 Å². The van der Waals surface area contributed by atoms with E-state index in [0.29, 0.717) is 25.0 Å². The number of H-pyrrole nitrogens is 1. The highest BCUT2D eigenvalue weighted by Gasteiger charge is 2.39. The van der Waals surface area contributed by atoms with Crippen LogP contribution in [0.2, 0.25) is 5.02 Å². The lowest BCUT2D eigenvalue weighted by Crippen LogP contribution is -2.32. The molecule has 0 fully saturated rings. The van der Waals surface area contributed by atoms with E-state index in [9.17, 15) is 27.2 Å². The van der Waals surface area contributed by atoms with Crippen LogP contribution in [0.1, 0.15) is 47.2 Å². The number of hydrogen-bond acceptors (Lipinski definition) is 4. The smallest absolute Gasteiger partial charge is 0.425 e. The van der Waals surface area contributed by atoms with Crippen molar-refractivity contribution >= 4 is 29.2 Å². The van der Waals surface area contributed by atoms with Crippen LogP contribution in [0.15, 0.2) is 36.4 Å². The van der Waals surface area contributed by atoms with Crippen molar-refractivity contribution in [1.29, 1.82) is 0 Å². The Morgan fingerprint density at radius 2 is 1.81 bits per heavy atom. The van der Waals surface area contributed by atoms with Gasteiger partial charge in [-0.2, -0.15) is 13.2 Å². The van der Waals surface area contributed by atoms with Crippen molar-refractivity contribution in [2.75, 3.05) is 11.9 Å². The van der Waals surface area contributed by atoms with E-state index in [2.05, 4.69) is 10.3 Å². The fraction of sp³-hybridized carbons (Fsp3) is 0.280. The highest BCUT2D eigenvalue weighted by molar-refractivity contribution is 6.34. The van der Waals surface area contributed by atoms with E-state index < -0.39 is 52.8 Å². The Bertz CT molecular complexity index is 1300. The topological polar surface area (TPSA) is 80.4 Å². The molecule has 1 amide bonds.